The van der Waals surface area contributed by atoms with Gasteiger partial charge >= 0.3 is 0 Å². The van der Waals surface area contributed by atoms with Gasteiger partial charge in [-0.05, 0) is 12.1 Å². The second-order valence-corrected chi connectivity index (χ2v) is 1.99. The van der Waals surface area contributed by atoms with Crippen molar-refractivity contribution in [3.05, 3.63) is 30.3 Å². The van der Waals surface area contributed by atoms with Crippen LogP contribution in [0.5, 0.6) is 0 Å². The van der Waals surface area contributed by atoms with Crippen LogP contribution in [0.4, 0.5) is 5.69 Å². The van der Waals surface area contributed by atoms with Crippen molar-refractivity contribution < 1.29 is 4.79 Å². The van der Waals surface area contributed by atoms with Gasteiger partial charge in [0.15, 0.2) is 0 Å². The van der Waals surface area contributed by atoms with Crippen molar-refractivity contribution in [3.63, 3.8) is 0 Å². The van der Waals surface area contributed by atoms with Crippen molar-refractivity contribution in [2.24, 2.45) is 0 Å². The van der Waals surface area contributed by atoms with Crippen LogP contribution in [0.1, 0.15) is 13.3 Å². The molecule has 2 nitrogen and oxygen atoms in total. The Kier molecular flexibility index (Phi) is 5.99. The van der Waals surface area contributed by atoms with Crippen LogP contribution >= 0.6 is 0 Å². The summed E-state index contributed by atoms with van der Waals surface area (Å²) >= 11 is 0. The molecule has 1 aromatic carbocycles. The van der Waals surface area contributed by atoms with Crippen molar-refractivity contribution in [3.8, 4) is 0 Å². The largest absolute Gasteiger partial charge is 0.399 e. The average Bonchev–Trinajstić information content (AvgIpc) is 2.07. The molecule has 0 saturated carbocycles. The standard InChI is InChI=1S/C6H7N.C3H6O/c7-6-4-2-1-3-5-6;1-2-3-4/h1-5H,7H2;3H,2H2,1H3. The first-order valence-electron chi connectivity index (χ1n) is 3.55. The van der Waals surface area contributed by atoms with Gasteiger partial charge in [0.05, 0.1) is 0 Å². The summed E-state index contributed by atoms with van der Waals surface area (Å²) < 4.78 is 0. The zero-order valence-electron chi connectivity index (χ0n) is 6.66. The molecule has 0 amide bonds. The van der Waals surface area contributed by atoms with E-state index in [-0.39, 0.29) is 0 Å². The fourth-order valence-electron chi connectivity index (χ4n) is 0.453. The Morgan fingerprint density at radius 2 is 1.82 bits per heavy atom. The van der Waals surface area contributed by atoms with Crippen LogP contribution in [-0.2, 0) is 4.79 Å². The smallest absolute Gasteiger partial charge is 0.119 e. The predicted molar refractivity (Wildman–Crippen MR) is 47.2 cm³/mol. The number of hydrogen-bond acceptors (Lipinski definition) is 2. The molecule has 0 unspecified atom stereocenters. The first-order chi connectivity index (χ1) is 5.31. The lowest BCUT2D eigenvalue weighted by Gasteiger charge is -1.83. The average molecular weight is 151 g/mol. The fraction of sp³-hybridized carbons (Fsp3) is 0.222. The number of rotatable bonds is 1. The molecule has 0 bridgehead atoms. The Bertz CT molecular complexity index is 184. The first-order valence-corrected chi connectivity index (χ1v) is 3.55. The number of nitrogen functional groups attached to an aromatic ring is 1. The number of carbonyl (C=O) groups excluding carboxylic acids is 1. The van der Waals surface area contributed by atoms with Gasteiger partial charge < -0.3 is 10.5 Å². The molecule has 0 aromatic heterocycles. The molecule has 0 aliphatic rings. The predicted octanol–water partition coefficient (Wildman–Crippen LogP) is 1.86. The number of para-hydroxylation sites is 1. The maximum Gasteiger partial charge on any atom is 0.119 e. The van der Waals surface area contributed by atoms with Gasteiger partial charge in [0.1, 0.15) is 6.29 Å². The highest BCUT2D eigenvalue weighted by Gasteiger charge is 1.72. The van der Waals surface area contributed by atoms with Crippen molar-refractivity contribution >= 4 is 12.0 Å². The van der Waals surface area contributed by atoms with Gasteiger partial charge in [-0.3, -0.25) is 0 Å². The molecule has 11 heavy (non-hydrogen) atoms. The topological polar surface area (TPSA) is 43.1 Å². The van der Waals surface area contributed by atoms with E-state index in [0.717, 1.165) is 12.0 Å². The maximum atomic E-state index is 9.17. The van der Waals surface area contributed by atoms with Crippen LogP contribution in [-0.4, -0.2) is 6.29 Å². The summed E-state index contributed by atoms with van der Waals surface area (Å²) in [6.45, 7) is 1.81. The lowest BCUT2D eigenvalue weighted by molar-refractivity contribution is -0.107. The van der Waals surface area contributed by atoms with E-state index in [1.54, 1.807) is 0 Å². The van der Waals surface area contributed by atoms with Crippen LogP contribution in [0.2, 0.25) is 0 Å². The van der Waals surface area contributed by atoms with E-state index in [1.807, 2.05) is 37.3 Å². The summed E-state index contributed by atoms with van der Waals surface area (Å²) in [5.74, 6) is 0. The van der Waals surface area contributed by atoms with E-state index in [0.29, 0.717) is 6.42 Å². The van der Waals surface area contributed by atoms with Gasteiger partial charge in [-0.2, -0.15) is 0 Å². The first kappa shape index (κ1) is 9.69. The number of hydrogen-bond donors (Lipinski definition) is 1. The van der Waals surface area contributed by atoms with Crippen LogP contribution in [0.15, 0.2) is 30.3 Å². The van der Waals surface area contributed by atoms with Gasteiger partial charge in [0.25, 0.3) is 0 Å². The van der Waals surface area contributed by atoms with Gasteiger partial charge in [-0.15, -0.1) is 0 Å². The van der Waals surface area contributed by atoms with Crippen molar-refractivity contribution in [1.29, 1.82) is 0 Å². The Balaban J connectivity index is 0.000000218. The second-order valence-electron chi connectivity index (χ2n) is 1.99. The Labute approximate surface area is 67.0 Å². The third-order valence-corrected chi connectivity index (χ3v) is 0.966. The highest BCUT2D eigenvalue weighted by atomic mass is 16.1. The van der Waals surface area contributed by atoms with E-state index in [1.165, 1.54) is 0 Å². The molecule has 0 aliphatic carbocycles. The molecule has 0 heterocycles. The normalized spacial score (nSPS) is 7.73. The van der Waals surface area contributed by atoms with Gasteiger partial charge in [-0.1, -0.05) is 25.1 Å². The summed E-state index contributed by atoms with van der Waals surface area (Å²) in [6.07, 6.45) is 1.51. The van der Waals surface area contributed by atoms with Crippen LogP contribution < -0.4 is 5.73 Å². The molecule has 2 heteroatoms. The molecular formula is C9H13NO. The zero-order valence-corrected chi connectivity index (χ0v) is 6.66. The van der Waals surface area contributed by atoms with Crippen LogP contribution in [0, 0.1) is 0 Å². The minimum absolute atomic E-state index is 0.639. The van der Waals surface area contributed by atoms with Gasteiger partial charge in [-0.25, -0.2) is 0 Å². The number of anilines is 1. The summed E-state index contributed by atoms with van der Waals surface area (Å²) in [6, 6.07) is 9.49. The molecule has 1 rings (SSSR count). The molecular weight excluding hydrogens is 138 g/mol. The van der Waals surface area contributed by atoms with Crippen molar-refractivity contribution in [2.75, 3.05) is 5.73 Å². The summed E-state index contributed by atoms with van der Waals surface area (Å²) in [7, 11) is 0. The summed E-state index contributed by atoms with van der Waals surface area (Å²) in [5.41, 5.74) is 6.18. The highest BCUT2D eigenvalue weighted by Crippen LogP contribution is 1.95. The number of benzene rings is 1. The number of aldehydes is 1. The van der Waals surface area contributed by atoms with Gasteiger partial charge in [0, 0.05) is 12.1 Å². The third kappa shape index (κ3) is 6.58. The van der Waals surface area contributed by atoms with E-state index in [4.69, 9.17) is 5.73 Å². The third-order valence-electron chi connectivity index (χ3n) is 0.966. The maximum absolute atomic E-state index is 9.17. The molecule has 0 fully saturated rings. The Morgan fingerprint density at radius 1 is 1.36 bits per heavy atom. The number of carbonyl (C=O) groups is 1. The van der Waals surface area contributed by atoms with E-state index < -0.39 is 0 Å². The molecule has 0 aliphatic heterocycles. The van der Waals surface area contributed by atoms with E-state index in [2.05, 4.69) is 0 Å². The van der Waals surface area contributed by atoms with Crippen LogP contribution in [0.25, 0.3) is 0 Å². The summed E-state index contributed by atoms with van der Waals surface area (Å²) in [4.78, 5) is 9.17. The minimum Gasteiger partial charge on any atom is -0.399 e. The lowest BCUT2D eigenvalue weighted by Crippen LogP contribution is -1.79. The number of nitrogens with two attached hydrogens (primary N) is 1. The van der Waals surface area contributed by atoms with Gasteiger partial charge in [0.2, 0.25) is 0 Å². The Hall–Kier alpha value is -1.31. The molecule has 0 radical (unpaired) electrons. The molecule has 0 spiro atoms. The lowest BCUT2D eigenvalue weighted by atomic mass is 10.3. The minimum atomic E-state index is 0.639. The summed E-state index contributed by atoms with van der Waals surface area (Å²) in [5, 5.41) is 0. The quantitative estimate of drug-likeness (QED) is 0.491. The zero-order chi connectivity index (χ0) is 8.53. The fourth-order valence-corrected chi connectivity index (χ4v) is 0.453. The second kappa shape index (κ2) is 6.81. The highest BCUT2D eigenvalue weighted by molar-refractivity contribution is 5.48. The van der Waals surface area contributed by atoms with E-state index in [9.17, 15) is 4.79 Å². The Morgan fingerprint density at radius 3 is 2.00 bits per heavy atom. The van der Waals surface area contributed by atoms with Crippen molar-refractivity contribution in [1.82, 2.24) is 0 Å². The SMILES string of the molecule is CCC=O.Nc1ccccc1. The van der Waals surface area contributed by atoms with Crippen LogP contribution in [0.3, 0.4) is 0 Å². The van der Waals surface area contributed by atoms with E-state index >= 15 is 0 Å². The molecule has 2 N–H and O–H groups in total. The molecule has 0 saturated heterocycles. The van der Waals surface area contributed by atoms with Crippen molar-refractivity contribution in [2.45, 2.75) is 13.3 Å². The molecule has 0 atom stereocenters. The molecule has 1 aromatic rings. The molecule has 60 valence electrons. The monoisotopic (exact) mass is 151 g/mol.